The maximum atomic E-state index is 11.5. The number of imidazole rings is 1. The summed E-state index contributed by atoms with van der Waals surface area (Å²) in [6.07, 6.45) is 5.68. The lowest BCUT2D eigenvalue weighted by molar-refractivity contribution is -0.125. The van der Waals surface area contributed by atoms with Gasteiger partial charge in [0.05, 0.1) is 0 Å². The molecule has 0 atom stereocenters. The lowest BCUT2D eigenvalue weighted by Gasteiger charge is -2.12. The maximum absolute atomic E-state index is 11.5. The van der Waals surface area contributed by atoms with Gasteiger partial charge in [-0.2, -0.15) is 0 Å². The van der Waals surface area contributed by atoms with Crippen LogP contribution < -0.4 is 0 Å². The van der Waals surface area contributed by atoms with Crippen LogP contribution in [-0.2, 0) is 4.79 Å². The molecule has 1 aromatic rings. The number of likely N-dealkylation sites (tertiary alicyclic amines) is 1. The SMILES string of the molecule is O=C1CCCN1C(=O)n1ccnc1. The first-order valence-corrected chi connectivity index (χ1v) is 4.11. The van der Waals surface area contributed by atoms with E-state index in [4.69, 9.17) is 0 Å². The monoisotopic (exact) mass is 179 g/mol. The highest BCUT2D eigenvalue weighted by atomic mass is 16.2. The Morgan fingerprint density at radius 1 is 1.54 bits per heavy atom. The highest BCUT2D eigenvalue weighted by molar-refractivity contribution is 5.96. The molecule has 0 unspecified atom stereocenters. The molecule has 1 fully saturated rings. The van der Waals surface area contributed by atoms with Crippen LogP contribution in [0.1, 0.15) is 12.8 Å². The van der Waals surface area contributed by atoms with Gasteiger partial charge < -0.3 is 0 Å². The zero-order valence-corrected chi connectivity index (χ0v) is 7.01. The van der Waals surface area contributed by atoms with Gasteiger partial charge in [-0.1, -0.05) is 0 Å². The summed E-state index contributed by atoms with van der Waals surface area (Å²) in [6.45, 7) is 0.524. The van der Waals surface area contributed by atoms with Gasteiger partial charge in [0.25, 0.3) is 0 Å². The lowest BCUT2D eigenvalue weighted by Crippen LogP contribution is -2.34. The third-order valence-electron chi connectivity index (χ3n) is 2.03. The average Bonchev–Trinajstić information content (AvgIpc) is 2.72. The molecule has 0 radical (unpaired) electrons. The van der Waals surface area contributed by atoms with Crippen molar-refractivity contribution >= 4 is 11.9 Å². The summed E-state index contributed by atoms with van der Waals surface area (Å²) in [6, 6.07) is -0.306. The Balaban J connectivity index is 2.18. The second-order valence-corrected chi connectivity index (χ2v) is 2.90. The third-order valence-corrected chi connectivity index (χ3v) is 2.03. The molecule has 1 aliphatic rings. The van der Waals surface area contributed by atoms with Crippen LogP contribution in [0.3, 0.4) is 0 Å². The fourth-order valence-electron chi connectivity index (χ4n) is 1.36. The van der Waals surface area contributed by atoms with Crippen molar-refractivity contribution in [3.8, 4) is 0 Å². The molecule has 0 aromatic carbocycles. The molecule has 5 nitrogen and oxygen atoms in total. The molecule has 0 aliphatic carbocycles. The van der Waals surface area contributed by atoms with E-state index in [1.807, 2.05) is 0 Å². The minimum atomic E-state index is -0.306. The van der Waals surface area contributed by atoms with Gasteiger partial charge in [-0.3, -0.25) is 14.3 Å². The molecular formula is C8H9N3O2. The van der Waals surface area contributed by atoms with Gasteiger partial charge in [0, 0.05) is 25.4 Å². The van der Waals surface area contributed by atoms with Crippen LogP contribution in [0.25, 0.3) is 0 Å². The summed E-state index contributed by atoms with van der Waals surface area (Å²) >= 11 is 0. The number of hydrogen-bond donors (Lipinski definition) is 0. The van der Waals surface area contributed by atoms with E-state index < -0.39 is 0 Å². The minimum Gasteiger partial charge on any atom is -0.274 e. The van der Waals surface area contributed by atoms with Crippen molar-refractivity contribution in [2.45, 2.75) is 12.8 Å². The maximum Gasteiger partial charge on any atom is 0.336 e. The average molecular weight is 179 g/mol. The number of hydrogen-bond acceptors (Lipinski definition) is 3. The highest BCUT2D eigenvalue weighted by Crippen LogP contribution is 2.10. The van der Waals surface area contributed by atoms with Gasteiger partial charge in [0.1, 0.15) is 6.33 Å². The van der Waals surface area contributed by atoms with Crippen molar-refractivity contribution in [2.24, 2.45) is 0 Å². The van der Waals surface area contributed by atoms with E-state index in [1.54, 1.807) is 0 Å². The van der Waals surface area contributed by atoms with E-state index in [0.29, 0.717) is 13.0 Å². The number of rotatable bonds is 0. The zero-order chi connectivity index (χ0) is 9.26. The van der Waals surface area contributed by atoms with E-state index in [9.17, 15) is 9.59 Å². The first kappa shape index (κ1) is 7.97. The molecule has 0 N–H and O–H groups in total. The molecule has 5 heteroatoms. The molecule has 1 aromatic heterocycles. The Morgan fingerprint density at radius 3 is 2.92 bits per heavy atom. The molecule has 2 amide bonds. The number of amides is 2. The molecule has 0 saturated carbocycles. The summed E-state index contributed by atoms with van der Waals surface area (Å²) in [7, 11) is 0. The van der Waals surface area contributed by atoms with Gasteiger partial charge in [0.2, 0.25) is 5.91 Å². The summed E-state index contributed by atoms with van der Waals surface area (Å²) in [5, 5.41) is 0. The topological polar surface area (TPSA) is 55.2 Å². The van der Waals surface area contributed by atoms with Gasteiger partial charge in [0.15, 0.2) is 0 Å². The van der Waals surface area contributed by atoms with Gasteiger partial charge >= 0.3 is 6.03 Å². The summed E-state index contributed by atoms with van der Waals surface area (Å²) in [5.74, 6) is -0.0984. The zero-order valence-electron chi connectivity index (χ0n) is 7.01. The van der Waals surface area contributed by atoms with Crippen LogP contribution in [-0.4, -0.2) is 32.9 Å². The summed E-state index contributed by atoms with van der Waals surface area (Å²) in [4.78, 5) is 27.7. The van der Waals surface area contributed by atoms with Gasteiger partial charge in [-0.05, 0) is 6.42 Å². The third kappa shape index (κ3) is 1.32. The van der Waals surface area contributed by atoms with Crippen molar-refractivity contribution < 1.29 is 9.59 Å². The largest absolute Gasteiger partial charge is 0.336 e. The van der Waals surface area contributed by atoms with Crippen molar-refractivity contribution in [2.75, 3.05) is 6.54 Å². The quantitative estimate of drug-likeness (QED) is 0.581. The molecule has 1 saturated heterocycles. The van der Waals surface area contributed by atoms with Gasteiger partial charge in [-0.25, -0.2) is 9.78 Å². The Hall–Kier alpha value is -1.65. The van der Waals surface area contributed by atoms with Crippen molar-refractivity contribution in [1.29, 1.82) is 0 Å². The smallest absolute Gasteiger partial charge is 0.274 e. The fourth-order valence-corrected chi connectivity index (χ4v) is 1.36. The molecule has 2 heterocycles. The fraction of sp³-hybridized carbons (Fsp3) is 0.375. The predicted molar refractivity (Wildman–Crippen MR) is 44.0 cm³/mol. The lowest BCUT2D eigenvalue weighted by atomic mass is 10.4. The molecule has 0 spiro atoms. The molecule has 1 aliphatic heterocycles. The van der Waals surface area contributed by atoms with E-state index in [2.05, 4.69) is 4.98 Å². The van der Waals surface area contributed by atoms with Crippen molar-refractivity contribution in [3.05, 3.63) is 18.7 Å². The Labute approximate surface area is 75.0 Å². The Kier molecular flexibility index (Phi) is 1.84. The van der Waals surface area contributed by atoms with Crippen molar-refractivity contribution in [3.63, 3.8) is 0 Å². The first-order chi connectivity index (χ1) is 6.29. The molecule has 13 heavy (non-hydrogen) atoms. The number of nitrogens with zero attached hydrogens (tertiary/aromatic N) is 3. The summed E-state index contributed by atoms with van der Waals surface area (Å²) < 4.78 is 1.31. The van der Waals surface area contributed by atoms with Gasteiger partial charge in [-0.15, -0.1) is 0 Å². The normalized spacial score (nSPS) is 16.6. The van der Waals surface area contributed by atoms with Crippen LogP contribution in [0.15, 0.2) is 18.7 Å². The predicted octanol–water partition coefficient (Wildman–Crippen LogP) is 0.474. The van der Waals surface area contributed by atoms with Crippen LogP contribution in [0, 0.1) is 0 Å². The second kappa shape index (κ2) is 3.01. The number of carbonyl (C=O) groups is 2. The summed E-state index contributed by atoms with van der Waals surface area (Å²) in [5.41, 5.74) is 0. The second-order valence-electron chi connectivity index (χ2n) is 2.90. The van der Waals surface area contributed by atoms with Crippen LogP contribution in [0.5, 0.6) is 0 Å². The highest BCUT2D eigenvalue weighted by Gasteiger charge is 2.26. The van der Waals surface area contributed by atoms with E-state index in [0.717, 1.165) is 6.42 Å². The Bertz CT molecular complexity index is 331. The van der Waals surface area contributed by atoms with E-state index in [1.165, 1.54) is 28.2 Å². The molecular weight excluding hydrogens is 170 g/mol. The number of aromatic nitrogens is 2. The standard InChI is InChI=1S/C8H9N3O2/c12-7-2-1-4-11(7)8(13)10-5-3-9-6-10/h3,5-6H,1-2,4H2. The van der Waals surface area contributed by atoms with Crippen LogP contribution in [0.2, 0.25) is 0 Å². The van der Waals surface area contributed by atoms with Crippen molar-refractivity contribution in [1.82, 2.24) is 14.5 Å². The number of imide groups is 1. The van der Waals surface area contributed by atoms with E-state index >= 15 is 0 Å². The van der Waals surface area contributed by atoms with Crippen LogP contribution >= 0.6 is 0 Å². The molecule has 2 rings (SSSR count). The van der Waals surface area contributed by atoms with Crippen LogP contribution in [0.4, 0.5) is 4.79 Å². The molecule has 0 bridgehead atoms. The first-order valence-electron chi connectivity index (χ1n) is 4.11. The Morgan fingerprint density at radius 2 is 2.38 bits per heavy atom. The number of carbonyl (C=O) groups excluding carboxylic acids is 2. The minimum absolute atomic E-state index is 0.0984. The molecule has 68 valence electrons. The van der Waals surface area contributed by atoms with E-state index in [-0.39, 0.29) is 11.9 Å².